The van der Waals surface area contributed by atoms with Gasteiger partial charge in [0.2, 0.25) is 0 Å². The molecule has 1 aromatic rings. The Hall–Kier alpha value is -1.02. The van der Waals surface area contributed by atoms with Crippen LogP contribution in [0.5, 0.6) is 0 Å². The van der Waals surface area contributed by atoms with E-state index in [2.05, 4.69) is 55.3 Å². The summed E-state index contributed by atoms with van der Waals surface area (Å²) in [7, 11) is 0. The SMILES string of the molecule is CCc1ccccc1N1CCC(NC(C)C)CC1. The molecule has 0 unspecified atom stereocenters. The topological polar surface area (TPSA) is 15.3 Å². The van der Waals surface area contributed by atoms with Gasteiger partial charge in [-0.15, -0.1) is 0 Å². The van der Waals surface area contributed by atoms with Crippen molar-refractivity contribution >= 4 is 5.69 Å². The molecular weight excluding hydrogens is 220 g/mol. The Morgan fingerprint density at radius 3 is 2.50 bits per heavy atom. The number of aryl methyl sites for hydroxylation is 1. The molecule has 1 aliphatic rings. The molecule has 2 rings (SSSR count). The largest absolute Gasteiger partial charge is 0.371 e. The van der Waals surface area contributed by atoms with Gasteiger partial charge in [0.05, 0.1) is 0 Å². The van der Waals surface area contributed by atoms with Crippen molar-refractivity contribution in [2.24, 2.45) is 0 Å². The fraction of sp³-hybridized carbons (Fsp3) is 0.625. The second-order valence-corrected chi connectivity index (χ2v) is 5.56. The third-order valence-corrected chi connectivity index (χ3v) is 3.78. The van der Waals surface area contributed by atoms with E-state index in [-0.39, 0.29) is 0 Å². The molecule has 1 aliphatic heterocycles. The molecule has 2 heteroatoms. The lowest BCUT2D eigenvalue weighted by Crippen LogP contribution is -2.45. The van der Waals surface area contributed by atoms with Gasteiger partial charge in [-0.3, -0.25) is 0 Å². The third-order valence-electron chi connectivity index (χ3n) is 3.78. The normalized spacial score (nSPS) is 17.4. The molecule has 1 aromatic carbocycles. The van der Waals surface area contributed by atoms with Crippen LogP contribution < -0.4 is 10.2 Å². The predicted molar refractivity (Wildman–Crippen MR) is 79.3 cm³/mol. The Labute approximate surface area is 111 Å². The third kappa shape index (κ3) is 3.26. The van der Waals surface area contributed by atoms with Gasteiger partial charge >= 0.3 is 0 Å². The first-order chi connectivity index (χ1) is 8.70. The Kier molecular flexibility index (Phi) is 4.65. The van der Waals surface area contributed by atoms with Crippen LogP contribution in [0.2, 0.25) is 0 Å². The Balaban J connectivity index is 1.97. The first-order valence-electron chi connectivity index (χ1n) is 7.29. The maximum Gasteiger partial charge on any atom is 0.0398 e. The molecular formula is C16H26N2. The summed E-state index contributed by atoms with van der Waals surface area (Å²) >= 11 is 0. The Morgan fingerprint density at radius 1 is 1.22 bits per heavy atom. The van der Waals surface area contributed by atoms with E-state index >= 15 is 0 Å². The molecule has 18 heavy (non-hydrogen) atoms. The van der Waals surface area contributed by atoms with Crippen molar-refractivity contribution in [3.63, 3.8) is 0 Å². The van der Waals surface area contributed by atoms with Crippen molar-refractivity contribution in [1.82, 2.24) is 5.32 Å². The van der Waals surface area contributed by atoms with Crippen molar-refractivity contribution < 1.29 is 0 Å². The number of anilines is 1. The summed E-state index contributed by atoms with van der Waals surface area (Å²) in [5.41, 5.74) is 2.93. The van der Waals surface area contributed by atoms with Crippen molar-refractivity contribution in [2.45, 2.75) is 52.1 Å². The van der Waals surface area contributed by atoms with Gasteiger partial charge in [0.15, 0.2) is 0 Å². The summed E-state index contributed by atoms with van der Waals surface area (Å²) in [6, 6.07) is 10.1. The quantitative estimate of drug-likeness (QED) is 0.877. The molecule has 0 bridgehead atoms. The van der Waals surface area contributed by atoms with Crippen LogP contribution >= 0.6 is 0 Å². The summed E-state index contributed by atoms with van der Waals surface area (Å²) < 4.78 is 0. The lowest BCUT2D eigenvalue weighted by atomic mass is 10.0. The van der Waals surface area contributed by atoms with Gasteiger partial charge in [-0.05, 0) is 30.9 Å². The predicted octanol–water partition coefficient (Wildman–Crippen LogP) is 3.22. The van der Waals surface area contributed by atoms with Gasteiger partial charge in [-0.1, -0.05) is 39.0 Å². The van der Waals surface area contributed by atoms with Gasteiger partial charge in [-0.25, -0.2) is 0 Å². The average Bonchev–Trinajstić information content (AvgIpc) is 2.39. The highest BCUT2D eigenvalue weighted by Gasteiger charge is 2.20. The maximum absolute atomic E-state index is 3.66. The second kappa shape index (κ2) is 6.24. The van der Waals surface area contributed by atoms with E-state index < -0.39 is 0 Å². The second-order valence-electron chi connectivity index (χ2n) is 5.56. The van der Waals surface area contributed by atoms with Gasteiger partial charge < -0.3 is 10.2 Å². The van der Waals surface area contributed by atoms with Crippen LogP contribution in [0.15, 0.2) is 24.3 Å². The van der Waals surface area contributed by atoms with Gasteiger partial charge in [0.1, 0.15) is 0 Å². The van der Waals surface area contributed by atoms with Crippen molar-refractivity contribution in [3.8, 4) is 0 Å². The monoisotopic (exact) mass is 246 g/mol. The standard InChI is InChI=1S/C16H26N2/c1-4-14-7-5-6-8-16(14)18-11-9-15(10-12-18)17-13(2)3/h5-8,13,15,17H,4,9-12H2,1-3H3. The molecule has 0 atom stereocenters. The Morgan fingerprint density at radius 2 is 1.89 bits per heavy atom. The summed E-state index contributed by atoms with van der Waals surface area (Å²) in [5, 5.41) is 3.66. The lowest BCUT2D eigenvalue weighted by Gasteiger charge is -2.35. The summed E-state index contributed by atoms with van der Waals surface area (Å²) in [6.07, 6.45) is 3.65. The minimum Gasteiger partial charge on any atom is -0.371 e. The molecule has 1 N–H and O–H groups in total. The van der Waals surface area contributed by atoms with Gasteiger partial charge in [0.25, 0.3) is 0 Å². The lowest BCUT2D eigenvalue weighted by molar-refractivity contribution is 0.387. The zero-order valence-corrected chi connectivity index (χ0v) is 11.9. The summed E-state index contributed by atoms with van der Waals surface area (Å²) in [4.78, 5) is 2.55. The highest BCUT2D eigenvalue weighted by atomic mass is 15.1. The van der Waals surface area contributed by atoms with E-state index in [1.807, 2.05) is 0 Å². The van der Waals surface area contributed by atoms with Crippen LogP contribution in [0.1, 0.15) is 39.2 Å². The number of rotatable bonds is 4. The average molecular weight is 246 g/mol. The zero-order valence-electron chi connectivity index (χ0n) is 11.9. The van der Waals surface area contributed by atoms with E-state index in [1.165, 1.54) is 37.2 Å². The molecule has 100 valence electrons. The first kappa shape index (κ1) is 13.4. The smallest absolute Gasteiger partial charge is 0.0398 e. The van der Waals surface area contributed by atoms with Crippen LogP contribution in [-0.2, 0) is 6.42 Å². The summed E-state index contributed by atoms with van der Waals surface area (Å²) in [5.74, 6) is 0. The molecule has 1 fully saturated rings. The molecule has 2 nitrogen and oxygen atoms in total. The van der Waals surface area contributed by atoms with Crippen molar-refractivity contribution in [2.75, 3.05) is 18.0 Å². The highest BCUT2D eigenvalue weighted by molar-refractivity contribution is 5.54. The summed E-state index contributed by atoms with van der Waals surface area (Å²) in [6.45, 7) is 9.08. The maximum atomic E-state index is 3.66. The number of para-hydroxylation sites is 1. The number of hydrogen-bond donors (Lipinski definition) is 1. The molecule has 0 aliphatic carbocycles. The highest BCUT2D eigenvalue weighted by Crippen LogP contribution is 2.24. The number of benzene rings is 1. The molecule has 1 saturated heterocycles. The van der Waals surface area contributed by atoms with E-state index in [4.69, 9.17) is 0 Å². The number of nitrogens with zero attached hydrogens (tertiary/aromatic N) is 1. The van der Waals surface area contributed by atoms with E-state index in [0.29, 0.717) is 12.1 Å². The van der Waals surface area contributed by atoms with Gasteiger partial charge in [-0.2, -0.15) is 0 Å². The van der Waals surface area contributed by atoms with Crippen LogP contribution in [0.3, 0.4) is 0 Å². The van der Waals surface area contributed by atoms with Crippen LogP contribution in [-0.4, -0.2) is 25.2 Å². The molecule has 0 radical (unpaired) electrons. The number of nitrogens with one attached hydrogen (secondary N) is 1. The number of piperidine rings is 1. The van der Waals surface area contributed by atoms with Gasteiger partial charge in [0, 0.05) is 30.9 Å². The fourth-order valence-electron chi connectivity index (χ4n) is 2.88. The molecule has 0 spiro atoms. The van der Waals surface area contributed by atoms with Crippen molar-refractivity contribution in [3.05, 3.63) is 29.8 Å². The van der Waals surface area contributed by atoms with E-state index in [1.54, 1.807) is 0 Å². The van der Waals surface area contributed by atoms with Crippen molar-refractivity contribution in [1.29, 1.82) is 0 Å². The van der Waals surface area contributed by atoms with Crippen LogP contribution in [0, 0.1) is 0 Å². The van der Waals surface area contributed by atoms with E-state index in [0.717, 1.165) is 6.42 Å². The Bertz CT molecular complexity index is 365. The van der Waals surface area contributed by atoms with Crippen LogP contribution in [0.25, 0.3) is 0 Å². The minimum atomic E-state index is 0.601. The van der Waals surface area contributed by atoms with E-state index in [9.17, 15) is 0 Å². The minimum absolute atomic E-state index is 0.601. The van der Waals surface area contributed by atoms with Crippen LogP contribution in [0.4, 0.5) is 5.69 Å². The first-order valence-corrected chi connectivity index (χ1v) is 7.29. The molecule has 0 amide bonds. The fourth-order valence-corrected chi connectivity index (χ4v) is 2.88. The number of hydrogen-bond acceptors (Lipinski definition) is 2. The zero-order chi connectivity index (χ0) is 13.0. The molecule has 0 aromatic heterocycles. The molecule has 0 saturated carbocycles. The molecule has 1 heterocycles.